The molecule has 10 heteroatoms. The zero-order valence-electron chi connectivity index (χ0n) is 15.8. The number of hydrogen-bond donors (Lipinski definition) is 1. The Kier molecular flexibility index (Phi) is 4.76. The molecule has 0 amide bonds. The van der Waals surface area contributed by atoms with Crippen molar-refractivity contribution >= 4 is 9.84 Å². The fourth-order valence-electron chi connectivity index (χ4n) is 4.77. The molecule has 1 spiro atoms. The molecule has 1 aromatic heterocycles. The molecule has 0 saturated carbocycles. The van der Waals surface area contributed by atoms with Crippen LogP contribution >= 0.6 is 0 Å². The van der Waals surface area contributed by atoms with Crippen molar-refractivity contribution in [2.45, 2.75) is 49.2 Å². The average Bonchev–Trinajstić information content (AvgIpc) is 2.51. The van der Waals surface area contributed by atoms with E-state index in [-0.39, 0.29) is 21.6 Å². The molecule has 0 radical (unpaired) electrons. The van der Waals surface area contributed by atoms with Gasteiger partial charge < -0.3 is 4.74 Å². The highest BCUT2D eigenvalue weighted by atomic mass is 32.2. The minimum atomic E-state index is -4.61. The highest BCUT2D eigenvalue weighted by Crippen LogP contribution is 2.46. The summed E-state index contributed by atoms with van der Waals surface area (Å²) < 4.78 is 70.9. The molecule has 6 nitrogen and oxygen atoms in total. The fourth-order valence-corrected chi connectivity index (χ4v) is 7.17. The summed E-state index contributed by atoms with van der Waals surface area (Å²) in [6.07, 6.45) is -2.71. The lowest BCUT2D eigenvalue weighted by atomic mass is 9.73. The van der Waals surface area contributed by atoms with E-state index < -0.39 is 27.1 Å². The van der Waals surface area contributed by atoms with Gasteiger partial charge in [0.25, 0.3) is 0 Å². The average molecular weight is 419 g/mol. The maximum Gasteiger partial charge on any atom is 0.433 e. The molecular weight excluding hydrogens is 395 g/mol. The van der Waals surface area contributed by atoms with Gasteiger partial charge in [0.05, 0.1) is 10.6 Å². The highest BCUT2D eigenvalue weighted by Gasteiger charge is 2.61. The lowest BCUT2D eigenvalue weighted by Crippen LogP contribution is -2.79. The topological polar surface area (TPSA) is 71.5 Å². The van der Waals surface area contributed by atoms with Crippen LogP contribution < -0.4 is 5.32 Å². The number of rotatable bonds is 3. The van der Waals surface area contributed by atoms with Crippen LogP contribution in [0.5, 0.6) is 0 Å². The van der Waals surface area contributed by atoms with Gasteiger partial charge in [0.1, 0.15) is 11.1 Å². The fraction of sp³-hybridized carbons (Fsp3) is 0.722. The SMILES string of the molecule is Cc1cc(C(F)(F)F)nc(C)c1S(=O)(=O)C1NCC12CN(C1CCOCC1)C2. The highest BCUT2D eigenvalue weighted by molar-refractivity contribution is 7.92. The Balaban J connectivity index is 1.56. The number of likely N-dealkylation sites (tertiary alicyclic amines) is 1. The van der Waals surface area contributed by atoms with E-state index in [1.807, 2.05) is 0 Å². The summed E-state index contributed by atoms with van der Waals surface area (Å²) in [7, 11) is -3.84. The molecule has 4 rings (SSSR count). The zero-order valence-corrected chi connectivity index (χ0v) is 16.7. The van der Waals surface area contributed by atoms with Crippen LogP contribution in [0, 0.1) is 19.3 Å². The lowest BCUT2D eigenvalue weighted by molar-refractivity contribution is -0.141. The van der Waals surface area contributed by atoms with Gasteiger partial charge >= 0.3 is 6.18 Å². The van der Waals surface area contributed by atoms with Gasteiger partial charge in [-0.15, -0.1) is 0 Å². The van der Waals surface area contributed by atoms with E-state index in [9.17, 15) is 21.6 Å². The molecule has 0 bridgehead atoms. The molecule has 156 valence electrons. The monoisotopic (exact) mass is 419 g/mol. The van der Waals surface area contributed by atoms with Crippen molar-refractivity contribution in [3.05, 3.63) is 23.0 Å². The van der Waals surface area contributed by atoms with Crippen molar-refractivity contribution in [1.29, 1.82) is 0 Å². The number of sulfone groups is 1. The molecule has 28 heavy (non-hydrogen) atoms. The number of pyridine rings is 1. The van der Waals surface area contributed by atoms with Crippen molar-refractivity contribution in [1.82, 2.24) is 15.2 Å². The smallest absolute Gasteiger partial charge is 0.381 e. The maximum absolute atomic E-state index is 13.3. The minimum Gasteiger partial charge on any atom is -0.381 e. The molecule has 1 N–H and O–H groups in total. The normalized spacial score (nSPS) is 26.1. The summed E-state index contributed by atoms with van der Waals surface area (Å²) in [6.45, 7) is 6.14. The van der Waals surface area contributed by atoms with Crippen molar-refractivity contribution in [3.63, 3.8) is 0 Å². The third kappa shape index (κ3) is 3.14. The van der Waals surface area contributed by atoms with Crippen molar-refractivity contribution in [3.8, 4) is 0 Å². The van der Waals surface area contributed by atoms with Crippen molar-refractivity contribution in [2.24, 2.45) is 5.41 Å². The van der Waals surface area contributed by atoms with Crippen LogP contribution in [-0.2, 0) is 20.8 Å². The van der Waals surface area contributed by atoms with Crippen LogP contribution in [0.2, 0.25) is 0 Å². The second-order valence-electron chi connectivity index (χ2n) is 8.15. The number of hydrogen-bond acceptors (Lipinski definition) is 6. The molecule has 0 aromatic carbocycles. The van der Waals surface area contributed by atoms with Gasteiger partial charge in [-0.2, -0.15) is 13.2 Å². The first kappa shape index (κ1) is 20.1. The quantitative estimate of drug-likeness (QED) is 0.807. The first-order chi connectivity index (χ1) is 13.0. The number of nitrogens with zero attached hydrogens (tertiary/aromatic N) is 2. The van der Waals surface area contributed by atoms with Gasteiger partial charge in [-0.1, -0.05) is 0 Å². The van der Waals surface area contributed by atoms with Gasteiger partial charge in [0.2, 0.25) is 0 Å². The predicted molar refractivity (Wildman–Crippen MR) is 95.5 cm³/mol. The van der Waals surface area contributed by atoms with E-state index >= 15 is 0 Å². The largest absolute Gasteiger partial charge is 0.433 e. The number of alkyl halides is 3. The van der Waals surface area contributed by atoms with E-state index in [0.717, 1.165) is 32.1 Å². The summed E-state index contributed by atoms with van der Waals surface area (Å²) in [5, 5.41) is 2.23. The zero-order chi connectivity index (χ0) is 20.3. The Morgan fingerprint density at radius 1 is 1.25 bits per heavy atom. The Bertz CT molecular complexity index is 853. The molecule has 3 fully saturated rings. The van der Waals surface area contributed by atoms with Crippen LogP contribution in [-0.4, -0.2) is 62.6 Å². The molecule has 3 aliphatic rings. The Labute approximate surface area is 162 Å². The third-order valence-electron chi connectivity index (χ3n) is 6.15. The van der Waals surface area contributed by atoms with Crippen molar-refractivity contribution < 1.29 is 26.3 Å². The summed E-state index contributed by atoms with van der Waals surface area (Å²) in [5.41, 5.74) is -1.45. The molecular formula is C18H24F3N3O3S. The van der Waals surface area contributed by atoms with E-state index in [2.05, 4.69) is 15.2 Å². The van der Waals surface area contributed by atoms with Crippen LogP contribution in [0.3, 0.4) is 0 Å². The molecule has 1 unspecified atom stereocenters. The Hall–Kier alpha value is -1.23. The maximum atomic E-state index is 13.3. The standard InChI is InChI=1S/C18H24F3N3O3S/c1-11-7-14(18(19,20)21)23-12(2)15(11)28(25,26)16-17(8-22-16)9-24(10-17)13-3-5-27-6-4-13/h7,13,16,22H,3-6,8-10H2,1-2H3. The van der Waals surface area contributed by atoms with Crippen LogP contribution in [0.15, 0.2) is 11.0 Å². The van der Waals surface area contributed by atoms with E-state index in [1.165, 1.54) is 13.8 Å². The third-order valence-corrected chi connectivity index (χ3v) is 8.63. The van der Waals surface area contributed by atoms with Gasteiger partial charge in [0.15, 0.2) is 9.84 Å². The number of nitrogens with one attached hydrogen (secondary N) is 1. The summed E-state index contributed by atoms with van der Waals surface area (Å²) in [4.78, 5) is 5.76. The molecule has 3 saturated heterocycles. The summed E-state index contributed by atoms with van der Waals surface area (Å²) in [5.74, 6) is 0. The van der Waals surface area contributed by atoms with E-state index in [1.54, 1.807) is 0 Å². The molecule has 1 aromatic rings. The molecule has 3 aliphatic heterocycles. The second-order valence-corrected chi connectivity index (χ2v) is 10.1. The Morgan fingerprint density at radius 3 is 2.39 bits per heavy atom. The molecule has 0 aliphatic carbocycles. The van der Waals surface area contributed by atoms with Gasteiger partial charge in [-0.3, -0.25) is 10.2 Å². The number of aromatic nitrogens is 1. The first-order valence-corrected chi connectivity index (χ1v) is 10.9. The van der Waals surface area contributed by atoms with Crippen LogP contribution in [0.4, 0.5) is 13.2 Å². The number of halogens is 3. The van der Waals surface area contributed by atoms with Gasteiger partial charge in [-0.05, 0) is 38.3 Å². The number of aryl methyl sites for hydroxylation is 2. The Morgan fingerprint density at radius 2 is 1.89 bits per heavy atom. The van der Waals surface area contributed by atoms with Gasteiger partial charge in [-0.25, -0.2) is 13.4 Å². The second kappa shape index (κ2) is 6.65. The molecule has 1 atom stereocenters. The van der Waals surface area contributed by atoms with Crippen LogP contribution in [0.25, 0.3) is 0 Å². The number of ether oxygens (including phenoxy) is 1. The first-order valence-electron chi connectivity index (χ1n) is 9.39. The molecule has 4 heterocycles. The van der Waals surface area contributed by atoms with E-state index in [4.69, 9.17) is 4.74 Å². The summed E-state index contributed by atoms with van der Waals surface area (Å²) >= 11 is 0. The predicted octanol–water partition coefficient (Wildman–Crippen LogP) is 1.90. The minimum absolute atomic E-state index is 0.0819. The van der Waals surface area contributed by atoms with Crippen LogP contribution in [0.1, 0.15) is 29.8 Å². The lowest BCUT2D eigenvalue weighted by Gasteiger charge is -2.62. The van der Waals surface area contributed by atoms with Gasteiger partial charge in [0, 0.05) is 44.3 Å². The van der Waals surface area contributed by atoms with E-state index in [0.29, 0.717) is 25.7 Å². The summed E-state index contributed by atoms with van der Waals surface area (Å²) in [6, 6.07) is 1.24. The van der Waals surface area contributed by atoms with Crippen molar-refractivity contribution in [2.75, 3.05) is 32.8 Å².